The Morgan fingerprint density at radius 2 is 1.01 bits per heavy atom. The predicted octanol–water partition coefficient (Wildman–Crippen LogP) is -4.59. The topological polar surface area (TPSA) is 397 Å². The first-order valence-corrected chi connectivity index (χ1v) is 24.6. The van der Waals surface area contributed by atoms with E-state index in [0.29, 0.717) is 0 Å². The second-order valence-corrected chi connectivity index (χ2v) is 20.0. The van der Waals surface area contributed by atoms with Gasteiger partial charge >= 0.3 is 0 Å². The number of aliphatic hydroxyl groups is 1. The van der Waals surface area contributed by atoms with Crippen LogP contribution in [0.15, 0.2) is 0 Å². The van der Waals surface area contributed by atoms with Gasteiger partial charge in [0.05, 0.1) is 19.7 Å². The number of primary amides is 2. The van der Waals surface area contributed by atoms with Crippen LogP contribution in [0, 0.1) is 17.8 Å². The van der Waals surface area contributed by atoms with E-state index in [9.17, 15) is 62.6 Å². The molecule has 0 bridgehead atoms. The maximum atomic E-state index is 13.7. The van der Waals surface area contributed by atoms with E-state index in [4.69, 9.17) is 11.5 Å². The summed E-state index contributed by atoms with van der Waals surface area (Å²) in [6.07, 6.45) is -0.583. The zero-order valence-electron chi connectivity index (χ0n) is 39.7. The Morgan fingerprint density at radius 1 is 0.588 bits per heavy atom. The van der Waals surface area contributed by atoms with Gasteiger partial charge in [0.2, 0.25) is 70.9 Å². The summed E-state index contributed by atoms with van der Waals surface area (Å²) in [4.78, 5) is 156. The van der Waals surface area contributed by atoms with Crippen LogP contribution in [0.4, 0.5) is 0 Å². The van der Waals surface area contributed by atoms with Crippen LogP contribution in [0.3, 0.4) is 0 Å². The van der Waals surface area contributed by atoms with Crippen LogP contribution in [0.25, 0.3) is 0 Å². The van der Waals surface area contributed by atoms with Crippen LogP contribution in [0.5, 0.6) is 0 Å². The molecule has 1 aliphatic heterocycles. The highest BCUT2D eigenvalue weighted by molar-refractivity contribution is 8.76. The van der Waals surface area contributed by atoms with Crippen molar-refractivity contribution in [3.05, 3.63) is 0 Å². The van der Waals surface area contributed by atoms with Crippen molar-refractivity contribution < 1.29 is 62.6 Å². The fraction of sp³-hybridized carbons (Fsp3) is 0.707. The quantitative estimate of drug-likeness (QED) is 0.0819. The zero-order valence-corrected chi connectivity index (χ0v) is 41.4. The average molecular weight is 1000 g/mol. The van der Waals surface area contributed by atoms with Gasteiger partial charge in [-0.3, -0.25) is 57.5 Å². The third-order valence-electron chi connectivity index (χ3n) is 9.69. The standard InChI is InChI=1S/C41H70N12O13S2/c1-19(2)11-25-36(61)44-15-33(58)49-29(34(43)59)17-67-68-18-30(47-23(8)55)37(62)45-14-32(57)48-24(9-10-31(42)56)38(63)51-27(13-21(5)6)40(65)53-28(16-54)41(66)52-26(12-20(3)4)39(64)46-22(7)35(60)50-25/h19-22,24-30,54H,9-18H2,1-8H3,(H2,42,56)(H2,43,59)(H,44,61)(H,45,62)(H,46,64)(H,47,55)(H,48,57)(H,49,58)(H,50,60)(H,51,63)(H,52,66)(H,53,65). The molecule has 0 saturated carbocycles. The highest BCUT2D eigenvalue weighted by Gasteiger charge is 2.34. The van der Waals surface area contributed by atoms with Gasteiger partial charge in [-0.25, -0.2) is 0 Å². The lowest BCUT2D eigenvalue weighted by molar-refractivity contribution is -0.136. The van der Waals surface area contributed by atoms with Gasteiger partial charge in [-0.1, -0.05) is 63.1 Å². The van der Waals surface area contributed by atoms with Gasteiger partial charge < -0.3 is 69.7 Å². The van der Waals surface area contributed by atoms with E-state index >= 15 is 0 Å². The van der Waals surface area contributed by atoms with E-state index in [-0.39, 0.29) is 61.4 Å². The molecule has 0 spiro atoms. The maximum Gasteiger partial charge on any atom is 0.245 e. The maximum absolute atomic E-state index is 13.7. The smallest absolute Gasteiger partial charge is 0.245 e. The molecule has 0 aromatic heterocycles. The molecule has 1 fully saturated rings. The molecule has 0 aromatic carbocycles. The number of nitrogens with one attached hydrogen (secondary N) is 10. The molecule has 68 heavy (non-hydrogen) atoms. The van der Waals surface area contributed by atoms with E-state index in [1.807, 2.05) is 0 Å². The van der Waals surface area contributed by atoms with Gasteiger partial charge in [-0.2, -0.15) is 0 Å². The van der Waals surface area contributed by atoms with E-state index in [0.717, 1.165) is 28.5 Å². The minimum atomic E-state index is -1.65. The summed E-state index contributed by atoms with van der Waals surface area (Å²) in [6.45, 7) is 10.7. The average Bonchev–Trinajstić information content (AvgIpc) is 3.23. The zero-order chi connectivity index (χ0) is 51.8. The molecule has 0 radical (unpaired) electrons. The number of rotatable bonds is 12. The van der Waals surface area contributed by atoms with Crippen molar-refractivity contribution in [2.45, 2.75) is 136 Å². The van der Waals surface area contributed by atoms with Gasteiger partial charge in [0.15, 0.2) is 0 Å². The summed E-state index contributed by atoms with van der Waals surface area (Å²) >= 11 is 0. The molecule has 8 unspecified atom stereocenters. The molecular formula is C41H70N12O13S2. The van der Waals surface area contributed by atoms with Crippen molar-refractivity contribution >= 4 is 92.5 Å². The second-order valence-electron chi connectivity index (χ2n) is 17.5. The molecule has 15 N–H and O–H groups in total. The molecule has 1 heterocycles. The molecule has 27 heteroatoms. The fourth-order valence-electron chi connectivity index (χ4n) is 6.28. The van der Waals surface area contributed by atoms with Crippen molar-refractivity contribution in [1.29, 1.82) is 0 Å². The van der Waals surface area contributed by atoms with Crippen LogP contribution in [-0.2, 0) is 57.5 Å². The third-order valence-corrected chi connectivity index (χ3v) is 12.1. The molecule has 25 nitrogen and oxygen atoms in total. The molecule has 8 atom stereocenters. The molecule has 0 aliphatic carbocycles. The molecule has 384 valence electrons. The number of hydrogen-bond acceptors (Lipinski definition) is 15. The molecule has 1 rings (SSSR count). The van der Waals surface area contributed by atoms with Crippen LogP contribution in [-0.4, -0.2) is 156 Å². The Labute approximate surface area is 403 Å². The summed E-state index contributed by atoms with van der Waals surface area (Å²) in [5.74, 6) is -11.0. The third kappa shape index (κ3) is 23.8. The van der Waals surface area contributed by atoms with Crippen LogP contribution < -0.4 is 64.6 Å². The van der Waals surface area contributed by atoms with E-state index in [1.54, 1.807) is 41.5 Å². The monoisotopic (exact) mass is 1000 g/mol. The summed E-state index contributed by atoms with van der Waals surface area (Å²) in [7, 11) is 2.01. The van der Waals surface area contributed by atoms with E-state index < -0.39 is 139 Å². The predicted molar refractivity (Wildman–Crippen MR) is 251 cm³/mol. The fourth-order valence-corrected chi connectivity index (χ4v) is 8.62. The van der Waals surface area contributed by atoms with E-state index in [2.05, 4.69) is 53.2 Å². The number of carbonyl (C=O) groups excluding carboxylic acids is 12. The highest BCUT2D eigenvalue weighted by atomic mass is 33.1. The van der Waals surface area contributed by atoms with Gasteiger partial charge in [0.25, 0.3) is 0 Å². The second kappa shape index (κ2) is 30.6. The lowest BCUT2D eigenvalue weighted by Crippen LogP contribution is -2.60. The number of hydrogen-bond donors (Lipinski definition) is 13. The normalized spacial score (nSPS) is 25.7. The summed E-state index contributed by atoms with van der Waals surface area (Å²) in [5, 5.41) is 34.7. The van der Waals surface area contributed by atoms with Crippen molar-refractivity contribution in [3.63, 3.8) is 0 Å². The first-order valence-electron chi connectivity index (χ1n) is 22.1. The Morgan fingerprint density at radius 3 is 1.50 bits per heavy atom. The van der Waals surface area contributed by atoms with Gasteiger partial charge in [-0.15, -0.1) is 0 Å². The van der Waals surface area contributed by atoms with E-state index in [1.165, 1.54) is 6.92 Å². The molecule has 12 amide bonds. The highest BCUT2D eigenvalue weighted by Crippen LogP contribution is 2.23. The lowest BCUT2D eigenvalue weighted by Gasteiger charge is -2.27. The first-order chi connectivity index (χ1) is 31.7. The summed E-state index contributed by atoms with van der Waals surface area (Å²) in [5.41, 5.74) is 10.8. The van der Waals surface area contributed by atoms with Gasteiger partial charge in [0.1, 0.15) is 48.3 Å². The molecule has 1 saturated heterocycles. The van der Waals surface area contributed by atoms with Crippen molar-refractivity contribution in [2.75, 3.05) is 31.2 Å². The van der Waals surface area contributed by atoms with Crippen molar-refractivity contribution in [2.24, 2.45) is 29.2 Å². The minimum Gasteiger partial charge on any atom is -0.394 e. The van der Waals surface area contributed by atoms with Crippen molar-refractivity contribution in [1.82, 2.24) is 53.2 Å². The molecule has 0 aromatic rings. The SMILES string of the molecule is CC(=O)NC1CSSCC(C(N)=O)NC(=O)CNC(=O)C(CC(C)C)NC(=O)C(C)NC(=O)C(CC(C)C)NC(=O)C(CO)NC(=O)C(CC(C)C)NC(=O)C(CCC(N)=O)NC(=O)CNC1=O. The number of nitrogens with two attached hydrogens (primary N) is 2. The lowest BCUT2D eigenvalue weighted by atomic mass is 10.0. The number of aliphatic hydroxyl groups excluding tert-OH is 1. The Bertz CT molecular complexity index is 1820. The largest absolute Gasteiger partial charge is 0.394 e. The Hall–Kier alpha value is -5.70. The first kappa shape index (κ1) is 60.3. The summed E-state index contributed by atoms with van der Waals surface area (Å²) < 4.78 is 0. The minimum absolute atomic E-state index is 0.0133. The molecular weight excluding hydrogens is 933 g/mol. The Kier molecular flexibility index (Phi) is 27.2. The van der Waals surface area contributed by atoms with Gasteiger partial charge in [-0.05, 0) is 50.4 Å². The van der Waals surface area contributed by atoms with Crippen LogP contribution >= 0.6 is 21.6 Å². The molecule has 1 aliphatic rings. The van der Waals surface area contributed by atoms with Crippen LogP contribution in [0.1, 0.15) is 87.5 Å². The van der Waals surface area contributed by atoms with Crippen molar-refractivity contribution in [3.8, 4) is 0 Å². The Balaban J connectivity index is 3.62. The summed E-state index contributed by atoms with van der Waals surface area (Å²) in [6, 6.07) is -10.7. The number of carbonyl (C=O) groups is 12. The number of amides is 12. The van der Waals surface area contributed by atoms with Crippen LogP contribution in [0.2, 0.25) is 0 Å². The van der Waals surface area contributed by atoms with Gasteiger partial charge in [0, 0.05) is 24.9 Å².